The molecule has 2 saturated heterocycles. The fraction of sp³-hybridized carbons (Fsp3) is 0.619. The van der Waals surface area contributed by atoms with Gasteiger partial charge in [0.25, 0.3) is 0 Å². The lowest BCUT2D eigenvalue weighted by Crippen LogP contribution is -2.45. The molecule has 0 N–H and O–H groups in total. The Labute approximate surface area is 166 Å². The van der Waals surface area contributed by atoms with E-state index in [2.05, 4.69) is 26.8 Å². The van der Waals surface area contributed by atoms with Gasteiger partial charge in [0.2, 0.25) is 11.9 Å². The van der Waals surface area contributed by atoms with Crippen molar-refractivity contribution in [2.45, 2.75) is 46.5 Å². The van der Waals surface area contributed by atoms with Crippen LogP contribution in [0.5, 0.6) is 0 Å². The third-order valence-electron chi connectivity index (χ3n) is 6.08. The van der Waals surface area contributed by atoms with Gasteiger partial charge in [-0.25, -0.2) is 9.67 Å². The highest BCUT2D eigenvalue weighted by atomic mass is 16.2. The summed E-state index contributed by atoms with van der Waals surface area (Å²) in [6.45, 7) is 9.78. The Morgan fingerprint density at radius 3 is 2.43 bits per heavy atom. The second kappa shape index (κ2) is 7.89. The van der Waals surface area contributed by atoms with Crippen LogP contribution in [0.2, 0.25) is 0 Å². The minimum absolute atomic E-state index is 0.142. The van der Waals surface area contributed by atoms with Crippen LogP contribution in [0.15, 0.2) is 18.3 Å². The van der Waals surface area contributed by atoms with Crippen molar-refractivity contribution < 1.29 is 4.79 Å². The van der Waals surface area contributed by atoms with Crippen LogP contribution < -0.4 is 4.90 Å². The van der Waals surface area contributed by atoms with Gasteiger partial charge in [0.05, 0.1) is 5.69 Å². The number of hydrogen-bond acceptors (Lipinski definition) is 5. The van der Waals surface area contributed by atoms with Crippen LogP contribution in [0, 0.1) is 25.7 Å². The molecule has 2 aliphatic rings. The molecule has 1 amide bonds. The fourth-order valence-corrected chi connectivity index (χ4v) is 4.28. The van der Waals surface area contributed by atoms with Crippen LogP contribution in [0.4, 0.5) is 5.95 Å². The van der Waals surface area contributed by atoms with Crippen molar-refractivity contribution in [3.05, 3.63) is 29.7 Å². The number of carbonyl (C=O) groups excluding carboxylic acids is 1. The van der Waals surface area contributed by atoms with Crippen molar-refractivity contribution in [1.82, 2.24) is 24.6 Å². The van der Waals surface area contributed by atoms with Crippen molar-refractivity contribution in [1.29, 1.82) is 0 Å². The average Bonchev–Trinajstić information content (AvgIpc) is 3.06. The normalized spacial score (nSPS) is 19.2. The zero-order chi connectivity index (χ0) is 19.7. The number of aryl methyl sites for hydroxylation is 2. The number of rotatable bonds is 3. The lowest BCUT2D eigenvalue weighted by molar-refractivity contribution is -0.137. The summed E-state index contributed by atoms with van der Waals surface area (Å²) in [6, 6.07) is 3.93. The number of nitrogens with zero attached hydrogens (tertiary/aromatic N) is 6. The van der Waals surface area contributed by atoms with Gasteiger partial charge in [0.1, 0.15) is 0 Å². The molecule has 0 atom stereocenters. The first-order valence-corrected chi connectivity index (χ1v) is 10.4. The van der Waals surface area contributed by atoms with Gasteiger partial charge in [0, 0.05) is 50.1 Å². The van der Waals surface area contributed by atoms with E-state index in [0.29, 0.717) is 5.91 Å². The van der Waals surface area contributed by atoms with E-state index < -0.39 is 0 Å². The molecule has 28 heavy (non-hydrogen) atoms. The van der Waals surface area contributed by atoms with E-state index in [1.165, 1.54) is 0 Å². The second-order valence-electron chi connectivity index (χ2n) is 8.32. The highest BCUT2D eigenvalue weighted by Gasteiger charge is 2.31. The van der Waals surface area contributed by atoms with Gasteiger partial charge in [-0.15, -0.1) is 0 Å². The number of piperidine rings is 2. The van der Waals surface area contributed by atoms with Gasteiger partial charge in [-0.05, 0) is 51.5 Å². The van der Waals surface area contributed by atoms with Crippen molar-refractivity contribution in [3.8, 4) is 5.82 Å². The quantitative estimate of drug-likeness (QED) is 0.817. The van der Waals surface area contributed by atoms with E-state index in [0.717, 1.165) is 80.9 Å². The van der Waals surface area contributed by atoms with E-state index in [1.807, 2.05) is 30.7 Å². The first-order chi connectivity index (χ1) is 13.5. The first-order valence-electron chi connectivity index (χ1n) is 10.4. The molecule has 2 fully saturated rings. The number of carbonyl (C=O) groups is 1. The molecular formula is C21H30N6O. The summed E-state index contributed by atoms with van der Waals surface area (Å²) in [6.07, 6.45) is 5.81. The van der Waals surface area contributed by atoms with Gasteiger partial charge >= 0.3 is 0 Å². The van der Waals surface area contributed by atoms with E-state index in [4.69, 9.17) is 4.98 Å². The minimum Gasteiger partial charge on any atom is -0.342 e. The second-order valence-corrected chi connectivity index (χ2v) is 8.32. The van der Waals surface area contributed by atoms with Gasteiger partial charge in [-0.3, -0.25) is 4.79 Å². The summed E-state index contributed by atoms with van der Waals surface area (Å²) >= 11 is 0. The largest absolute Gasteiger partial charge is 0.342 e. The predicted octanol–water partition coefficient (Wildman–Crippen LogP) is 2.75. The smallest absolute Gasteiger partial charge is 0.227 e. The van der Waals surface area contributed by atoms with Crippen molar-refractivity contribution in [3.63, 3.8) is 0 Å². The molecule has 0 aliphatic carbocycles. The van der Waals surface area contributed by atoms with Gasteiger partial charge < -0.3 is 9.80 Å². The molecule has 4 heterocycles. The zero-order valence-corrected chi connectivity index (χ0v) is 17.1. The maximum Gasteiger partial charge on any atom is 0.227 e. The number of likely N-dealkylation sites (tertiary alicyclic amines) is 1. The molecule has 0 saturated carbocycles. The third kappa shape index (κ3) is 3.88. The molecule has 150 valence electrons. The standard InChI is InChI=1S/C21H30N6O/c1-15-5-10-25(11-6-15)20(28)18-7-12-26(13-8-18)21-22-9-4-19(23-21)27-17(3)14-16(2)24-27/h4,9,14-15,18H,5-8,10-13H2,1-3H3. The molecule has 7 nitrogen and oxygen atoms in total. The first kappa shape index (κ1) is 18.9. The number of aromatic nitrogens is 4. The van der Waals surface area contributed by atoms with Crippen LogP contribution in [0.3, 0.4) is 0 Å². The van der Waals surface area contributed by atoms with Crippen LogP contribution in [0.25, 0.3) is 5.82 Å². The van der Waals surface area contributed by atoms with Crippen LogP contribution in [-0.4, -0.2) is 56.7 Å². The van der Waals surface area contributed by atoms with Crippen LogP contribution in [-0.2, 0) is 4.79 Å². The maximum atomic E-state index is 12.8. The summed E-state index contributed by atoms with van der Waals surface area (Å²) in [5.74, 6) is 2.75. The van der Waals surface area contributed by atoms with E-state index in [9.17, 15) is 4.79 Å². The molecule has 0 aromatic carbocycles. The monoisotopic (exact) mass is 382 g/mol. The molecule has 2 aromatic heterocycles. The molecular weight excluding hydrogens is 352 g/mol. The number of hydrogen-bond donors (Lipinski definition) is 0. The third-order valence-corrected chi connectivity index (χ3v) is 6.08. The Balaban J connectivity index is 1.39. The van der Waals surface area contributed by atoms with Crippen LogP contribution in [0.1, 0.15) is 44.0 Å². The minimum atomic E-state index is 0.142. The lowest BCUT2D eigenvalue weighted by Gasteiger charge is -2.36. The maximum absolute atomic E-state index is 12.8. The van der Waals surface area contributed by atoms with Gasteiger partial charge in [0.15, 0.2) is 5.82 Å². The van der Waals surface area contributed by atoms with E-state index in [-0.39, 0.29) is 5.92 Å². The van der Waals surface area contributed by atoms with Crippen molar-refractivity contribution in [2.75, 3.05) is 31.1 Å². The highest BCUT2D eigenvalue weighted by molar-refractivity contribution is 5.79. The van der Waals surface area contributed by atoms with E-state index in [1.54, 1.807) is 6.20 Å². The summed E-state index contributed by atoms with van der Waals surface area (Å²) in [7, 11) is 0. The molecule has 2 aliphatic heterocycles. The molecule has 0 bridgehead atoms. The summed E-state index contributed by atoms with van der Waals surface area (Å²) in [4.78, 5) is 26.3. The number of amides is 1. The Hall–Kier alpha value is -2.44. The Bertz CT molecular complexity index is 831. The van der Waals surface area contributed by atoms with Gasteiger partial charge in [-0.1, -0.05) is 6.92 Å². The molecule has 4 rings (SSSR count). The average molecular weight is 383 g/mol. The topological polar surface area (TPSA) is 67.2 Å². The Kier molecular flexibility index (Phi) is 5.33. The highest BCUT2D eigenvalue weighted by Crippen LogP contribution is 2.25. The molecule has 0 spiro atoms. The molecule has 0 unspecified atom stereocenters. The van der Waals surface area contributed by atoms with Crippen LogP contribution >= 0.6 is 0 Å². The zero-order valence-electron chi connectivity index (χ0n) is 17.1. The predicted molar refractivity (Wildman–Crippen MR) is 109 cm³/mol. The summed E-state index contributed by atoms with van der Waals surface area (Å²) < 4.78 is 1.86. The Morgan fingerprint density at radius 2 is 1.79 bits per heavy atom. The molecule has 2 aromatic rings. The SMILES string of the molecule is Cc1cc(C)n(-c2ccnc(N3CCC(C(=O)N4CCC(C)CC4)CC3)n2)n1. The van der Waals surface area contributed by atoms with Gasteiger partial charge in [-0.2, -0.15) is 10.1 Å². The number of anilines is 1. The van der Waals surface area contributed by atoms with Crippen molar-refractivity contribution in [2.24, 2.45) is 11.8 Å². The van der Waals surface area contributed by atoms with Crippen molar-refractivity contribution >= 4 is 11.9 Å². The van der Waals surface area contributed by atoms with E-state index >= 15 is 0 Å². The molecule has 7 heteroatoms. The molecule has 0 radical (unpaired) electrons. The summed E-state index contributed by atoms with van der Waals surface area (Å²) in [5.41, 5.74) is 2.03. The lowest BCUT2D eigenvalue weighted by atomic mass is 9.93. The Morgan fingerprint density at radius 1 is 1.07 bits per heavy atom. The fourth-order valence-electron chi connectivity index (χ4n) is 4.28. The summed E-state index contributed by atoms with van der Waals surface area (Å²) in [5, 5.41) is 4.52.